The average Bonchev–Trinajstić information content (AvgIpc) is 2.86. The second-order valence-corrected chi connectivity index (χ2v) is 7.45. The number of hydrogen-bond acceptors (Lipinski definition) is 4. The highest BCUT2D eigenvalue weighted by atomic mass is 35.5. The van der Waals surface area contributed by atoms with Gasteiger partial charge in [-0.05, 0) is 45.6 Å². The van der Waals surface area contributed by atoms with Gasteiger partial charge in [-0.15, -0.1) is 11.3 Å². The highest BCUT2D eigenvalue weighted by molar-refractivity contribution is 7.19. The molecule has 22 heavy (non-hydrogen) atoms. The van der Waals surface area contributed by atoms with Crippen molar-refractivity contribution in [3.8, 4) is 0 Å². The van der Waals surface area contributed by atoms with Crippen LogP contribution < -0.4 is 0 Å². The number of carbonyl (C=O) groups is 1. The van der Waals surface area contributed by atoms with Gasteiger partial charge in [0.1, 0.15) is 16.3 Å². The van der Waals surface area contributed by atoms with E-state index in [0.29, 0.717) is 5.15 Å². The van der Waals surface area contributed by atoms with E-state index in [-0.39, 0.29) is 17.9 Å². The van der Waals surface area contributed by atoms with Gasteiger partial charge in [-0.3, -0.25) is 4.79 Å². The molecule has 6 heteroatoms. The molecule has 2 heterocycles. The maximum atomic E-state index is 12.7. The summed E-state index contributed by atoms with van der Waals surface area (Å²) < 4.78 is 0. The van der Waals surface area contributed by atoms with Crippen LogP contribution in [0.5, 0.6) is 0 Å². The van der Waals surface area contributed by atoms with E-state index in [4.69, 9.17) is 11.6 Å². The Hall–Kier alpha value is -1.20. The third-order valence-corrected chi connectivity index (χ3v) is 5.84. The van der Waals surface area contributed by atoms with E-state index in [2.05, 4.69) is 23.8 Å². The van der Waals surface area contributed by atoms with Crippen LogP contribution in [0.25, 0.3) is 10.2 Å². The van der Waals surface area contributed by atoms with Crippen LogP contribution >= 0.6 is 22.9 Å². The summed E-state index contributed by atoms with van der Waals surface area (Å²) in [5.41, 5.74) is 1.25. The van der Waals surface area contributed by atoms with Gasteiger partial charge >= 0.3 is 0 Å². The number of carbonyl (C=O) groups excluding carboxylic acids is 1. The Balaban J connectivity index is 1.90. The van der Waals surface area contributed by atoms with Gasteiger partial charge in [-0.25, -0.2) is 9.97 Å². The van der Waals surface area contributed by atoms with Crippen molar-refractivity contribution in [1.29, 1.82) is 0 Å². The summed E-state index contributed by atoms with van der Waals surface area (Å²) in [6.45, 7) is 6.96. The quantitative estimate of drug-likeness (QED) is 0.802. The van der Waals surface area contributed by atoms with E-state index in [1.54, 1.807) is 11.3 Å². The van der Waals surface area contributed by atoms with Gasteiger partial charge < -0.3 is 4.90 Å². The average molecular weight is 338 g/mol. The molecule has 0 spiro atoms. The van der Waals surface area contributed by atoms with Gasteiger partial charge in [0.2, 0.25) is 5.91 Å². The molecule has 2 aromatic heterocycles. The van der Waals surface area contributed by atoms with Crippen molar-refractivity contribution in [2.45, 2.75) is 46.1 Å². The van der Waals surface area contributed by atoms with Crippen LogP contribution in [0, 0.1) is 5.92 Å². The van der Waals surface area contributed by atoms with Crippen molar-refractivity contribution in [1.82, 2.24) is 14.9 Å². The minimum absolute atomic E-state index is 0.0784. The van der Waals surface area contributed by atoms with Crippen molar-refractivity contribution in [2.75, 3.05) is 6.54 Å². The van der Waals surface area contributed by atoms with E-state index < -0.39 is 0 Å². The molecule has 1 atom stereocenters. The number of aromatic nitrogens is 2. The molecular weight excluding hydrogens is 318 g/mol. The Bertz CT molecular complexity index is 713. The molecule has 0 aliphatic heterocycles. The zero-order valence-corrected chi connectivity index (χ0v) is 14.7. The number of fused-ring (bicyclic) bond motifs is 3. The third kappa shape index (κ3) is 2.61. The molecule has 0 radical (unpaired) electrons. The molecule has 1 amide bonds. The molecular formula is C16H20ClN3OS. The van der Waals surface area contributed by atoms with E-state index in [0.717, 1.165) is 36.0 Å². The predicted molar refractivity (Wildman–Crippen MR) is 90.5 cm³/mol. The second-order valence-electron chi connectivity index (χ2n) is 6.01. The smallest absolute Gasteiger partial charge is 0.226 e. The molecule has 1 unspecified atom stereocenters. The SMILES string of the molecule is CCN(C(=O)C1CCc2c(sc3ncnc(Cl)c23)C1)C(C)C. The fourth-order valence-corrected chi connectivity index (χ4v) is 4.86. The monoisotopic (exact) mass is 337 g/mol. The molecule has 0 saturated carbocycles. The molecule has 4 nitrogen and oxygen atoms in total. The van der Waals surface area contributed by atoms with E-state index in [1.807, 2.05) is 11.8 Å². The van der Waals surface area contributed by atoms with Crippen LogP contribution in [0.4, 0.5) is 0 Å². The van der Waals surface area contributed by atoms with Crippen LogP contribution in [-0.2, 0) is 17.6 Å². The number of aryl methyl sites for hydroxylation is 1. The molecule has 0 aromatic carbocycles. The Morgan fingerprint density at radius 1 is 1.50 bits per heavy atom. The predicted octanol–water partition coefficient (Wildman–Crippen LogP) is 3.71. The lowest BCUT2D eigenvalue weighted by Gasteiger charge is -2.31. The maximum absolute atomic E-state index is 12.7. The number of halogens is 1. The highest BCUT2D eigenvalue weighted by Crippen LogP contribution is 2.39. The highest BCUT2D eigenvalue weighted by Gasteiger charge is 2.31. The molecule has 0 bridgehead atoms. The van der Waals surface area contributed by atoms with E-state index in [9.17, 15) is 4.79 Å². The minimum Gasteiger partial charge on any atom is -0.340 e. The minimum atomic E-state index is 0.0784. The Kier molecular flexibility index (Phi) is 4.37. The van der Waals surface area contributed by atoms with Crippen molar-refractivity contribution >= 4 is 39.1 Å². The summed E-state index contributed by atoms with van der Waals surface area (Å²) in [7, 11) is 0. The third-order valence-electron chi connectivity index (χ3n) is 4.40. The van der Waals surface area contributed by atoms with Crippen molar-refractivity contribution < 1.29 is 4.79 Å². The second kappa shape index (κ2) is 6.13. The van der Waals surface area contributed by atoms with Gasteiger partial charge in [-0.2, -0.15) is 0 Å². The molecule has 1 aliphatic carbocycles. The van der Waals surface area contributed by atoms with Gasteiger partial charge in [-0.1, -0.05) is 11.6 Å². The number of nitrogens with zero attached hydrogens (tertiary/aromatic N) is 3. The number of hydrogen-bond donors (Lipinski definition) is 0. The Morgan fingerprint density at radius 2 is 2.27 bits per heavy atom. The first kappa shape index (κ1) is 15.7. The lowest BCUT2D eigenvalue weighted by molar-refractivity contribution is -0.137. The molecule has 1 aliphatic rings. The molecule has 2 aromatic rings. The van der Waals surface area contributed by atoms with E-state index in [1.165, 1.54) is 16.8 Å². The fourth-order valence-electron chi connectivity index (χ4n) is 3.29. The van der Waals surface area contributed by atoms with Crippen LogP contribution in [0.15, 0.2) is 6.33 Å². The van der Waals surface area contributed by atoms with Crippen LogP contribution in [0.1, 0.15) is 37.6 Å². The zero-order chi connectivity index (χ0) is 15.9. The molecule has 0 N–H and O–H groups in total. The van der Waals surface area contributed by atoms with Crippen molar-refractivity contribution in [3.05, 3.63) is 21.9 Å². The summed E-state index contributed by atoms with van der Waals surface area (Å²) in [4.78, 5) is 25.3. The van der Waals surface area contributed by atoms with Crippen LogP contribution in [0.2, 0.25) is 5.15 Å². The lowest BCUT2D eigenvalue weighted by Crippen LogP contribution is -2.42. The summed E-state index contributed by atoms with van der Waals surface area (Å²) in [5.74, 6) is 0.354. The fraction of sp³-hybridized carbons (Fsp3) is 0.562. The first-order chi connectivity index (χ1) is 10.5. The van der Waals surface area contributed by atoms with Crippen molar-refractivity contribution in [2.24, 2.45) is 5.92 Å². The number of rotatable bonds is 3. The summed E-state index contributed by atoms with van der Waals surface area (Å²) >= 11 is 7.89. The van der Waals surface area contributed by atoms with Gasteiger partial charge in [0.15, 0.2) is 0 Å². The standard InChI is InChI=1S/C16H20ClN3OS/c1-4-20(9(2)3)16(21)10-5-6-11-12(7-10)22-15-13(11)14(17)18-8-19-15/h8-10H,4-7H2,1-3H3. The first-order valence-corrected chi connectivity index (χ1v) is 8.93. The first-order valence-electron chi connectivity index (χ1n) is 7.74. The summed E-state index contributed by atoms with van der Waals surface area (Å²) in [6, 6.07) is 0.251. The number of amides is 1. The summed E-state index contributed by atoms with van der Waals surface area (Å²) in [5, 5.41) is 1.52. The summed E-state index contributed by atoms with van der Waals surface area (Å²) in [6.07, 6.45) is 4.07. The maximum Gasteiger partial charge on any atom is 0.226 e. The van der Waals surface area contributed by atoms with Crippen molar-refractivity contribution in [3.63, 3.8) is 0 Å². The molecule has 0 saturated heterocycles. The molecule has 118 valence electrons. The topological polar surface area (TPSA) is 46.1 Å². The normalized spacial score (nSPS) is 17.8. The van der Waals surface area contributed by atoms with Crippen LogP contribution in [0.3, 0.4) is 0 Å². The zero-order valence-electron chi connectivity index (χ0n) is 13.1. The lowest BCUT2D eigenvalue weighted by atomic mass is 9.87. The van der Waals surface area contributed by atoms with Gasteiger partial charge in [0.05, 0.1) is 5.39 Å². The Morgan fingerprint density at radius 3 is 2.95 bits per heavy atom. The van der Waals surface area contributed by atoms with Gasteiger partial charge in [0.25, 0.3) is 0 Å². The number of thiophene rings is 1. The van der Waals surface area contributed by atoms with E-state index >= 15 is 0 Å². The van der Waals surface area contributed by atoms with Crippen LogP contribution in [-0.4, -0.2) is 33.4 Å². The Labute approximate surface area is 139 Å². The molecule has 0 fully saturated rings. The van der Waals surface area contributed by atoms with Gasteiger partial charge in [0, 0.05) is 23.4 Å². The largest absolute Gasteiger partial charge is 0.340 e. The molecule has 3 rings (SSSR count).